The molecule has 0 aliphatic rings. The second-order valence-corrected chi connectivity index (χ2v) is 11.7. The molecule has 0 aliphatic carbocycles. The van der Waals surface area contributed by atoms with Crippen molar-refractivity contribution in [3.8, 4) is 5.69 Å². The van der Waals surface area contributed by atoms with Gasteiger partial charge < -0.3 is 5.21 Å². The Balaban J connectivity index is 2.51. The first-order valence-electron chi connectivity index (χ1n) is 6.49. The van der Waals surface area contributed by atoms with Crippen LogP contribution in [0.4, 0.5) is 0 Å². The lowest BCUT2D eigenvalue weighted by Crippen LogP contribution is -2.64. The zero-order valence-electron chi connectivity index (χ0n) is 12.2. The summed E-state index contributed by atoms with van der Waals surface area (Å²) < 4.78 is 0. The van der Waals surface area contributed by atoms with Gasteiger partial charge in [0.15, 0.2) is 5.32 Å². The number of hydrogen-bond acceptors (Lipinski definition) is 2. The van der Waals surface area contributed by atoms with Crippen LogP contribution in [0.5, 0.6) is 0 Å². The number of rotatable bonds is 2. The van der Waals surface area contributed by atoms with Crippen LogP contribution in [0.2, 0.25) is 18.1 Å². The van der Waals surface area contributed by atoms with Crippen LogP contribution >= 0.6 is 0 Å². The van der Waals surface area contributed by atoms with Crippen LogP contribution < -0.4 is 10.2 Å². The maximum Gasteiger partial charge on any atom is 0.205 e. The van der Waals surface area contributed by atoms with Gasteiger partial charge in [0.25, 0.3) is 0 Å². The van der Waals surface area contributed by atoms with Crippen molar-refractivity contribution < 1.29 is 4.85 Å². The Morgan fingerprint density at radius 3 is 2.26 bits per heavy atom. The minimum atomic E-state index is -1.87. The molecule has 1 heterocycles. The third-order valence-electron chi connectivity index (χ3n) is 4.17. The molecule has 0 saturated carbocycles. The monoisotopic (exact) mass is 275 g/mol. The van der Waals surface area contributed by atoms with E-state index in [-0.39, 0.29) is 5.04 Å². The molecule has 19 heavy (non-hydrogen) atoms. The van der Waals surface area contributed by atoms with Gasteiger partial charge in [-0.15, -0.1) is 0 Å². The zero-order chi connectivity index (χ0) is 14.3. The molecule has 0 radical (unpaired) electrons. The molecule has 0 unspecified atom stereocenters. The fraction of sp³-hybridized carbons (Fsp3) is 0.429. The minimum absolute atomic E-state index is 0.115. The molecule has 0 amide bonds. The van der Waals surface area contributed by atoms with Crippen molar-refractivity contribution in [1.29, 1.82) is 0 Å². The molecule has 0 N–H and O–H groups in total. The standard InChI is InChI=1S/C14H21N3OSi/c1-14(2,3)19(4,5)13-11-15-16(17(13)18)12-9-7-6-8-10-12/h6-11H,1-5H3. The number of hydrogen-bond donors (Lipinski definition) is 0. The lowest BCUT2D eigenvalue weighted by atomic mass is 10.2. The van der Waals surface area contributed by atoms with Gasteiger partial charge in [-0.05, 0) is 22.0 Å². The lowest BCUT2D eigenvalue weighted by molar-refractivity contribution is -0.673. The summed E-state index contributed by atoms with van der Waals surface area (Å²) >= 11 is 0. The van der Waals surface area contributed by atoms with Gasteiger partial charge in [-0.25, -0.2) is 0 Å². The molecule has 4 nitrogen and oxygen atoms in total. The molecule has 102 valence electrons. The molecule has 2 rings (SSSR count). The maximum absolute atomic E-state index is 12.5. The Hall–Kier alpha value is -1.62. The molecule has 0 saturated heterocycles. The van der Waals surface area contributed by atoms with Crippen molar-refractivity contribution in [2.24, 2.45) is 0 Å². The fourth-order valence-corrected chi connectivity index (χ4v) is 3.55. The second-order valence-electron chi connectivity index (χ2n) is 6.40. The highest BCUT2D eigenvalue weighted by Crippen LogP contribution is 2.34. The van der Waals surface area contributed by atoms with Crippen molar-refractivity contribution in [1.82, 2.24) is 9.90 Å². The molecule has 0 spiro atoms. The summed E-state index contributed by atoms with van der Waals surface area (Å²) in [5, 5.41) is 17.7. The number of aromatic nitrogens is 3. The van der Waals surface area contributed by atoms with E-state index in [0.29, 0.717) is 0 Å². The van der Waals surface area contributed by atoms with Gasteiger partial charge in [-0.2, -0.15) is 4.85 Å². The minimum Gasteiger partial charge on any atom is -0.693 e. The Labute approximate surface area is 115 Å². The van der Waals surface area contributed by atoms with E-state index in [9.17, 15) is 5.21 Å². The summed E-state index contributed by atoms with van der Waals surface area (Å²) in [4.78, 5) is 2.38. The van der Waals surface area contributed by atoms with Gasteiger partial charge in [0, 0.05) is 5.10 Å². The van der Waals surface area contributed by atoms with Crippen LogP contribution in [0, 0.1) is 5.21 Å². The van der Waals surface area contributed by atoms with Gasteiger partial charge in [0.2, 0.25) is 6.20 Å². The molecule has 2 aromatic rings. The van der Waals surface area contributed by atoms with Crippen molar-refractivity contribution in [3.05, 3.63) is 41.7 Å². The Bertz CT molecular complexity index is 570. The molecule has 5 heteroatoms. The predicted molar refractivity (Wildman–Crippen MR) is 79.4 cm³/mol. The van der Waals surface area contributed by atoms with E-state index in [1.54, 1.807) is 6.20 Å². The van der Waals surface area contributed by atoms with E-state index in [1.807, 2.05) is 30.3 Å². The van der Waals surface area contributed by atoms with Crippen LogP contribution in [-0.4, -0.2) is 18.0 Å². The first-order valence-corrected chi connectivity index (χ1v) is 9.49. The molecule has 0 aliphatic heterocycles. The van der Waals surface area contributed by atoms with Crippen LogP contribution in [0.3, 0.4) is 0 Å². The van der Waals surface area contributed by atoms with Crippen LogP contribution in [0.15, 0.2) is 36.5 Å². The SMILES string of the molecule is CC(C)(C)[Si](C)(C)c1cnn(-c2ccccc2)[n+]1[O-]. The summed E-state index contributed by atoms with van der Waals surface area (Å²) in [5.74, 6) is 0. The van der Waals surface area contributed by atoms with Crippen molar-refractivity contribution >= 4 is 13.4 Å². The van der Waals surface area contributed by atoms with E-state index < -0.39 is 8.07 Å². The maximum atomic E-state index is 12.5. The molecule has 1 aromatic carbocycles. The summed E-state index contributed by atoms with van der Waals surface area (Å²) in [6.45, 7) is 11.0. The number of benzene rings is 1. The van der Waals surface area contributed by atoms with Gasteiger partial charge in [-0.1, -0.05) is 52.1 Å². The average Bonchev–Trinajstić information content (AvgIpc) is 2.71. The second kappa shape index (κ2) is 4.49. The Morgan fingerprint density at radius 1 is 1.16 bits per heavy atom. The quantitative estimate of drug-likeness (QED) is 0.479. The van der Waals surface area contributed by atoms with E-state index in [4.69, 9.17) is 0 Å². The molecule has 0 fully saturated rings. The van der Waals surface area contributed by atoms with Gasteiger partial charge in [0.1, 0.15) is 13.8 Å². The van der Waals surface area contributed by atoms with Gasteiger partial charge >= 0.3 is 0 Å². The molecular weight excluding hydrogens is 254 g/mol. The number of para-hydroxylation sites is 1. The molecular formula is C14H21N3OSi. The van der Waals surface area contributed by atoms with E-state index in [0.717, 1.165) is 15.8 Å². The van der Waals surface area contributed by atoms with Gasteiger partial charge in [-0.3, -0.25) is 0 Å². The Morgan fingerprint density at radius 2 is 1.74 bits per heavy atom. The van der Waals surface area contributed by atoms with Gasteiger partial charge in [0.05, 0.1) is 0 Å². The van der Waals surface area contributed by atoms with Crippen LogP contribution in [-0.2, 0) is 0 Å². The van der Waals surface area contributed by atoms with Crippen molar-refractivity contribution in [2.45, 2.75) is 38.9 Å². The van der Waals surface area contributed by atoms with Crippen LogP contribution in [0.1, 0.15) is 20.8 Å². The van der Waals surface area contributed by atoms with Crippen LogP contribution in [0.25, 0.3) is 5.69 Å². The van der Waals surface area contributed by atoms with Crippen molar-refractivity contribution in [3.63, 3.8) is 0 Å². The highest BCUT2D eigenvalue weighted by atomic mass is 28.3. The first kappa shape index (κ1) is 13.8. The summed E-state index contributed by atoms with van der Waals surface area (Å²) in [5.41, 5.74) is 0.794. The topological polar surface area (TPSA) is 44.8 Å². The number of nitrogens with zero attached hydrogens (tertiary/aromatic N) is 3. The molecule has 0 atom stereocenters. The summed E-state index contributed by atoms with van der Waals surface area (Å²) in [6, 6.07) is 9.51. The zero-order valence-corrected chi connectivity index (χ0v) is 13.2. The fourth-order valence-electron chi connectivity index (χ4n) is 1.83. The highest BCUT2D eigenvalue weighted by Gasteiger charge is 2.43. The smallest absolute Gasteiger partial charge is 0.205 e. The highest BCUT2D eigenvalue weighted by molar-refractivity contribution is 6.90. The lowest BCUT2D eigenvalue weighted by Gasteiger charge is -2.34. The van der Waals surface area contributed by atoms with E-state index in [1.165, 1.54) is 4.80 Å². The molecule has 1 aromatic heterocycles. The largest absolute Gasteiger partial charge is 0.693 e. The first-order chi connectivity index (χ1) is 8.75. The molecule has 0 bridgehead atoms. The predicted octanol–water partition coefficient (Wildman–Crippen LogP) is 2.22. The Kier molecular flexibility index (Phi) is 3.26. The third-order valence-corrected chi connectivity index (χ3v) is 9.52. The normalized spacial score (nSPS) is 12.7. The van der Waals surface area contributed by atoms with E-state index in [2.05, 4.69) is 39.0 Å². The van der Waals surface area contributed by atoms with Crippen molar-refractivity contribution in [2.75, 3.05) is 0 Å². The van der Waals surface area contributed by atoms with E-state index >= 15 is 0 Å². The third kappa shape index (κ3) is 2.30. The summed E-state index contributed by atoms with van der Waals surface area (Å²) in [6.07, 6.45) is 1.73. The summed E-state index contributed by atoms with van der Waals surface area (Å²) in [7, 11) is -1.87. The average molecular weight is 275 g/mol.